The molecule has 0 atom stereocenters. The molecule has 0 unspecified atom stereocenters. The molecule has 0 bridgehead atoms. The third-order valence-electron chi connectivity index (χ3n) is 4.43. The number of nitrogens with zero attached hydrogens (tertiary/aromatic N) is 1. The standard InChI is InChI=1S/C25H23N3O4/c1-31-21-13-11-18(12-14-21)16-23(27-24(29)20-8-4-3-5-9-20)25(30)28-26-17-19-7-6-10-22(15-19)32-2/h3-17H,1-2H3,(H,27,29)(H,28,30)/b23-16-,26-17+. The summed E-state index contributed by atoms with van der Waals surface area (Å²) in [4.78, 5) is 25.4. The summed E-state index contributed by atoms with van der Waals surface area (Å²) < 4.78 is 10.3. The van der Waals surface area contributed by atoms with Gasteiger partial charge in [0.2, 0.25) is 0 Å². The number of carbonyl (C=O) groups excluding carboxylic acids is 2. The Bertz CT molecular complexity index is 1120. The zero-order valence-electron chi connectivity index (χ0n) is 17.7. The van der Waals surface area contributed by atoms with Gasteiger partial charge in [0.05, 0.1) is 20.4 Å². The number of hydrogen-bond donors (Lipinski definition) is 2. The van der Waals surface area contributed by atoms with E-state index < -0.39 is 11.8 Å². The van der Waals surface area contributed by atoms with E-state index in [1.165, 1.54) is 6.21 Å². The van der Waals surface area contributed by atoms with Crippen LogP contribution >= 0.6 is 0 Å². The molecule has 3 aromatic carbocycles. The normalized spacial score (nSPS) is 11.1. The fourth-order valence-electron chi connectivity index (χ4n) is 2.76. The van der Waals surface area contributed by atoms with Crippen LogP contribution in [0.25, 0.3) is 6.08 Å². The summed E-state index contributed by atoms with van der Waals surface area (Å²) in [5.41, 5.74) is 4.39. The largest absolute Gasteiger partial charge is 0.497 e. The lowest BCUT2D eigenvalue weighted by Crippen LogP contribution is -2.32. The molecule has 7 nitrogen and oxygen atoms in total. The molecule has 0 saturated heterocycles. The van der Waals surface area contributed by atoms with Crippen molar-refractivity contribution in [2.24, 2.45) is 5.10 Å². The molecule has 32 heavy (non-hydrogen) atoms. The van der Waals surface area contributed by atoms with Crippen LogP contribution in [0, 0.1) is 0 Å². The van der Waals surface area contributed by atoms with Gasteiger partial charge in [-0.1, -0.05) is 42.5 Å². The smallest absolute Gasteiger partial charge is 0.287 e. The molecule has 0 radical (unpaired) electrons. The molecule has 0 aliphatic heterocycles. The maximum absolute atomic E-state index is 12.8. The predicted octanol–water partition coefficient (Wildman–Crippen LogP) is 3.63. The first kappa shape index (κ1) is 22.3. The third-order valence-corrected chi connectivity index (χ3v) is 4.43. The van der Waals surface area contributed by atoms with Gasteiger partial charge < -0.3 is 14.8 Å². The number of nitrogens with one attached hydrogen (secondary N) is 2. The van der Waals surface area contributed by atoms with Gasteiger partial charge in [-0.15, -0.1) is 0 Å². The van der Waals surface area contributed by atoms with Crippen molar-refractivity contribution >= 4 is 24.1 Å². The molecule has 162 valence electrons. The number of benzene rings is 3. The lowest BCUT2D eigenvalue weighted by atomic mass is 10.1. The van der Waals surface area contributed by atoms with Crippen molar-refractivity contribution in [3.63, 3.8) is 0 Å². The molecule has 0 heterocycles. The van der Waals surface area contributed by atoms with Crippen LogP contribution in [-0.2, 0) is 4.79 Å². The van der Waals surface area contributed by atoms with E-state index in [1.807, 2.05) is 24.3 Å². The fourth-order valence-corrected chi connectivity index (χ4v) is 2.76. The number of hydrazone groups is 1. The van der Waals surface area contributed by atoms with Crippen LogP contribution in [0.5, 0.6) is 11.5 Å². The molecule has 0 aromatic heterocycles. The molecular weight excluding hydrogens is 406 g/mol. The molecule has 3 aromatic rings. The average Bonchev–Trinajstić information content (AvgIpc) is 2.84. The molecule has 3 rings (SSSR count). The van der Waals surface area contributed by atoms with E-state index in [0.29, 0.717) is 22.6 Å². The van der Waals surface area contributed by atoms with Gasteiger partial charge in [0.1, 0.15) is 17.2 Å². The van der Waals surface area contributed by atoms with Crippen molar-refractivity contribution < 1.29 is 19.1 Å². The fraction of sp³-hybridized carbons (Fsp3) is 0.0800. The summed E-state index contributed by atoms with van der Waals surface area (Å²) >= 11 is 0. The topological polar surface area (TPSA) is 89.0 Å². The zero-order valence-corrected chi connectivity index (χ0v) is 17.7. The summed E-state index contributed by atoms with van der Waals surface area (Å²) in [5.74, 6) is 0.390. The molecule has 0 spiro atoms. The first-order valence-corrected chi connectivity index (χ1v) is 9.78. The van der Waals surface area contributed by atoms with Gasteiger partial charge in [0.25, 0.3) is 11.8 Å². The first-order valence-electron chi connectivity index (χ1n) is 9.78. The first-order chi connectivity index (χ1) is 15.6. The highest BCUT2D eigenvalue weighted by Gasteiger charge is 2.14. The Labute approximate surface area is 186 Å². The molecule has 2 amide bonds. The average molecular weight is 429 g/mol. The Morgan fingerprint density at radius 2 is 1.53 bits per heavy atom. The molecule has 0 aliphatic carbocycles. The Morgan fingerprint density at radius 3 is 2.22 bits per heavy atom. The van der Waals surface area contributed by atoms with Crippen molar-refractivity contribution in [1.82, 2.24) is 10.7 Å². The van der Waals surface area contributed by atoms with Crippen LogP contribution < -0.4 is 20.2 Å². The predicted molar refractivity (Wildman–Crippen MR) is 124 cm³/mol. The molecular formula is C25H23N3O4. The zero-order chi connectivity index (χ0) is 22.8. The highest BCUT2D eigenvalue weighted by molar-refractivity contribution is 6.05. The van der Waals surface area contributed by atoms with E-state index in [0.717, 1.165) is 5.56 Å². The Kier molecular flexibility index (Phi) is 7.75. The van der Waals surface area contributed by atoms with Crippen molar-refractivity contribution in [3.05, 3.63) is 101 Å². The summed E-state index contributed by atoms with van der Waals surface area (Å²) in [5, 5.41) is 6.66. The molecule has 0 aliphatic rings. The number of ether oxygens (including phenoxy) is 2. The highest BCUT2D eigenvalue weighted by Crippen LogP contribution is 2.14. The second kappa shape index (κ2) is 11.1. The maximum Gasteiger partial charge on any atom is 0.287 e. The van der Waals surface area contributed by atoms with Crippen LogP contribution in [0.15, 0.2) is 89.7 Å². The van der Waals surface area contributed by atoms with Gasteiger partial charge in [0, 0.05) is 5.56 Å². The minimum atomic E-state index is -0.566. The Hall–Kier alpha value is -4.39. The summed E-state index contributed by atoms with van der Waals surface area (Å²) in [6, 6.07) is 23.0. The van der Waals surface area contributed by atoms with Gasteiger partial charge in [0.15, 0.2) is 0 Å². The number of amides is 2. The lowest BCUT2D eigenvalue weighted by molar-refractivity contribution is -0.117. The van der Waals surface area contributed by atoms with Crippen LogP contribution in [0.1, 0.15) is 21.5 Å². The summed E-state index contributed by atoms with van der Waals surface area (Å²) in [6.07, 6.45) is 3.06. The van der Waals surface area contributed by atoms with Crippen LogP contribution in [0.2, 0.25) is 0 Å². The van der Waals surface area contributed by atoms with Gasteiger partial charge in [-0.05, 0) is 53.6 Å². The SMILES string of the molecule is COc1ccc(/C=C(\NC(=O)c2ccccc2)C(=O)N/N=C/c2cccc(OC)c2)cc1. The molecule has 7 heteroatoms. The molecule has 0 saturated carbocycles. The lowest BCUT2D eigenvalue weighted by Gasteiger charge is -2.09. The van der Waals surface area contributed by atoms with E-state index in [2.05, 4.69) is 15.8 Å². The number of hydrogen-bond acceptors (Lipinski definition) is 5. The minimum absolute atomic E-state index is 0.0480. The van der Waals surface area contributed by atoms with Crippen molar-refractivity contribution in [2.75, 3.05) is 14.2 Å². The van der Waals surface area contributed by atoms with E-state index in [4.69, 9.17) is 9.47 Å². The number of rotatable bonds is 8. The number of methoxy groups -OCH3 is 2. The Morgan fingerprint density at radius 1 is 0.812 bits per heavy atom. The van der Waals surface area contributed by atoms with Crippen molar-refractivity contribution in [3.8, 4) is 11.5 Å². The second-order valence-electron chi connectivity index (χ2n) is 6.63. The van der Waals surface area contributed by atoms with Gasteiger partial charge in [-0.25, -0.2) is 5.43 Å². The third kappa shape index (κ3) is 6.30. The van der Waals surface area contributed by atoms with Crippen molar-refractivity contribution in [1.29, 1.82) is 0 Å². The van der Waals surface area contributed by atoms with E-state index in [9.17, 15) is 9.59 Å². The summed E-state index contributed by atoms with van der Waals surface area (Å²) in [7, 11) is 3.15. The van der Waals surface area contributed by atoms with Crippen molar-refractivity contribution in [2.45, 2.75) is 0 Å². The number of carbonyl (C=O) groups is 2. The highest BCUT2D eigenvalue weighted by atomic mass is 16.5. The Balaban J connectivity index is 1.79. The molecule has 0 fully saturated rings. The summed E-state index contributed by atoms with van der Waals surface area (Å²) in [6.45, 7) is 0. The van der Waals surface area contributed by atoms with E-state index in [1.54, 1.807) is 74.9 Å². The maximum atomic E-state index is 12.8. The van der Waals surface area contributed by atoms with Gasteiger partial charge in [-0.2, -0.15) is 5.10 Å². The van der Waals surface area contributed by atoms with Crippen LogP contribution in [0.4, 0.5) is 0 Å². The monoisotopic (exact) mass is 429 g/mol. The van der Waals surface area contributed by atoms with E-state index in [-0.39, 0.29) is 5.70 Å². The van der Waals surface area contributed by atoms with E-state index >= 15 is 0 Å². The van der Waals surface area contributed by atoms with Crippen LogP contribution in [0.3, 0.4) is 0 Å². The minimum Gasteiger partial charge on any atom is -0.497 e. The van der Waals surface area contributed by atoms with Gasteiger partial charge in [-0.3, -0.25) is 9.59 Å². The quantitative estimate of drug-likeness (QED) is 0.325. The van der Waals surface area contributed by atoms with Crippen LogP contribution in [-0.4, -0.2) is 32.2 Å². The van der Waals surface area contributed by atoms with Gasteiger partial charge >= 0.3 is 0 Å². The molecule has 2 N–H and O–H groups in total. The second-order valence-corrected chi connectivity index (χ2v) is 6.63.